The quantitative estimate of drug-likeness (QED) is 0.371. The van der Waals surface area contributed by atoms with E-state index in [0.717, 1.165) is 44.6 Å². The maximum atomic E-state index is 11.6. The first-order chi connectivity index (χ1) is 10.7. The molecule has 0 aromatic heterocycles. The summed E-state index contributed by atoms with van der Waals surface area (Å²) in [5.41, 5.74) is 0. The summed E-state index contributed by atoms with van der Waals surface area (Å²) < 4.78 is 5.87. The van der Waals surface area contributed by atoms with E-state index in [-0.39, 0.29) is 5.91 Å². The van der Waals surface area contributed by atoms with Gasteiger partial charge in [-0.1, -0.05) is 0 Å². The number of hydrogen-bond donors (Lipinski definition) is 3. The van der Waals surface area contributed by atoms with Gasteiger partial charge in [0.1, 0.15) is 0 Å². The fourth-order valence-corrected chi connectivity index (χ4v) is 3.24. The monoisotopic (exact) mass is 308 g/mol. The van der Waals surface area contributed by atoms with E-state index in [1.165, 1.54) is 6.42 Å². The Morgan fingerprint density at radius 3 is 2.73 bits per heavy atom. The number of carbonyl (C=O) groups excluding carboxylic acids is 1. The highest BCUT2D eigenvalue weighted by Crippen LogP contribution is 2.34. The van der Waals surface area contributed by atoms with Crippen LogP contribution in [-0.2, 0) is 9.53 Å². The average molecular weight is 308 g/mol. The molecule has 3 aliphatic rings. The number of amides is 1. The van der Waals surface area contributed by atoms with Crippen LogP contribution in [0.4, 0.5) is 0 Å². The van der Waals surface area contributed by atoms with Crippen molar-refractivity contribution in [2.75, 3.05) is 13.1 Å². The van der Waals surface area contributed by atoms with Gasteiger partial charge in [-0.05, 0) is 45.4 Å². The summed E-state index contributed by atoms with van der Waals surface area (Å²) in [7, 11) is 0. The second kappa shape index (κ2) is 7.31. The molecular weight excluding hydrogens is 280 g/mol. The van der Waals surface area contributed by atoms with E-state index in [1.54, 1.807) is 0 Å². The maximum Gasteiger partial charge on any atom is 0.220 e. The fraction of sp³-hybridized carbons (Fsp3) is 0.875. The molecule has 1 amide bonds. The standard InChI is InChI=1S/C16H28N4O2/c1-2-17-16(20-13-10-12-7-8-14(13)22-12)18-9-3-4-15(21)19-11-5-6-11/h11-14H,2-10H2,1H3,(H,19,21)(H2,17,18,20). The van der Waals surface area contributed by atoms with Crippen molar-refractivity contribution in [3.63, 3.8) is 0 Å². The molecule has 1 aliphatic carbocycles. The van der Waals surface area contributed by atoms with E-state index >= 15 is 0 Å². The molecule has 22 heavy (non-hydrogen) atoms. The van der Waals surface area contributed by atoms with Gasteiger partial charge in [0.05, 0.1) is 18.2 Å². The Labute approximate surface area is 132 Å². The summed E-state index contributed by atoms with van der Waals surface area (Å²) in [5, 5.41) is 9.78. The van der Waals surface area contributed by atoms with Crippen molar-refractivity contribution in [3.8, 4) is 0 Å². The van der Waals surface area contributed by atoms with Gasteiger partial charge in [-0.25, -0.2) is 0 Å². The van der Waals surface area contributed by atoms with Crippen LogP contribution in [0.1, 0.15) is 51.9 Å². The summed E-state index contributed by atoms with van der Waals surface area (Å²) in [6.07, 6.45) is 7.87. The number of carbonyl (C=O) groups is 1. The Balaban J connectivity index is 1.38. The Bertz CT molecular complexity index is 422. The lowest BCUT2D eigenvalue weighted by atomic mass is 9.96. The minimum absolute atomic E-state index is 0.164. The molecule has 0 aromatic carbocycles. The molecule has 3 fully saturated rings. The van der Waals surface area contributed by atoms with E-state index in [4.69, 9.17) is 4.74 Å². The first-order valence-electron chi connectivity index (χ1n) is 8.74. The van der Waals surface area contributed by atoms with Crippen molar-refractivity contribution in [2.24, 2.45) is 4.99 Å². The van der Waals surface area contributed by atoms with E-state index in [1.807, 2.05) is 0 Å². The number of guanidine groups is 1. The summed E-state index contributed by atoms with van der Waals surface area (Å²) in [5.74, 6) is 1.02. The smallest absolute Gasteiger partial charge is 0.220 e. The van der Waals surface area contributed by atoms with Crippen LogP contribution < -0.4 is 16.0 Å². The minimum Gasteiger partial charge on any atom is -0.373 e. The summed E-state index contributed by atoms with van der Waals surface area (Å²) in [6.45, 7) is 3.59. The second-order valence-corrected chi connectivity index (χ2v) is 6.57. The Hall–Kier alpha value is -1.30. The highest BCUT2D eigenvalue weighted by atomic mass is 16.5. The summed E-state index contributed by atoms with van der Waals surface area (Å²) >= 11 is 0. The molecule has 3 atom stereocenters. The lowest BCUT2D eigenvalue weighted by Crippen LogP contribution is -2.47. The average Bonchev–Trinajstić information content (AvgIpc) is 3.06. The van der Waals surface area contributed by atoms with Gasteiger partial charge in [-0.3, -0.25) is 9.79 Å². The number of rotatable bonds is 7. The van der Waals surface area contributed by atoms with Gasteiger partial charge < -0.3 is 20.7 Å². The van der Waals surface area contributed by atoms with Crippen molar-refractivity contribution >= 4 is 11.9 Å². The molecule has 2 bridgehead atoms. The van der Waals surface area contributed by atoms with Crippen LogP contribution in [0, 0.1) is 0 Å². The van der Waals surface area contributed by atoms with E-state index in [2.05, 4.69) is 27.9 Å². The largest absolute Gasteiger partial charge is 0.373 e. The van der Waals surface area contributed by atoms with Crippen LogP contribution in [0.2, 0.25) is 0 Å². The molecule has 6 heteroatoms. The summed E-state index contributed by atoms with van der Waals surface area (Å²) in [4.78, 5) is 16.2. The molecule has 2 heterocycles. The number of fused-ring (bicyclic) bond motifs is 2. The Kier molecular flexibility index (Phi) is 5.18. The van der Waals surface area contributed by atoms with Gasteiger partial charge in [0.15, 0.2) is 5.96 Å². The van der Waals surface area contributed by atoms with E-state index in [0.29, 0.717) is 37.3 Å². The number of aliphatic imine (C=N–C) groups is 1. The van der Waals surface area contributed by atoms with Crippen LogP contribution in [0.3, 0.4) is 0 Å². The molecular formula is C16H28N4O2. The van der Waals surface area contributed by atoms with Gasteiger partial charge in [-0.15, -0.1) is 0 Å². The molecule has 3 unspecified atom stereocenters. The maximum absolute atomic E-state index is 11.6. The van der Waals surface area contributed by atoms with Crippen molar-refractivity contribution in [3.05, 3.63) is 0 Å². The molecule has 0 radical (unpaired) electrons. The third-order valence-electron chi connectivity index (χ3n) is 4.55. The SMILES string of the molecule is CCNC(=NCCCC(=O)NC1CC1)NC1CC2CCC1O2. The van der Waals surface area contributed by atoms with Gasteiger partial charge in [0.2, 0.25) is 5.91 Å². The van der Waals surface area contributed by atoms with Crippen LogP contribution >= 0.6 is 0 Å². The van der Waals surface area contributed by atoms with Crippen molar-refractivity contribution < 1.29 is 9.53 Å². The van der Waals surface area contributed by atoms with Crippen molar-refractivity contribution in [1.29, 1.82) is 0 Å². The zero-order valence-electron chi connectivity index (χ0n) is 13.4. The zero-order chi connectivity index (χ0) is 15.4. The minimum atomic E-state index is 0.164. The van der Waals surface area contributed by atoms with Gasteiger partial charge in [0.25, 0.3) is 0 Å². The Morgan fingerprint density at radius 1 is 1.23 bits per heavy atom. The first kappa shape index (κ1) is 15.6. The third-order valence-corrected chi connectivity index (χ3v) is 4.55. The number of hydrogen-bond acceptors (Lipinski definition) is 3. The second-order valence-electron chi connectivity index (χ2n) is 6.57. The van der Waals surface area contributed by atoms with E-state index in [9.17, 15) is 4.79 Å². The third kappa shape index (κ3) is 4.35. The van der Waals surface area contributed by atoms with E-state index < -0.39 is 0 Å². The number of ether oxygens (including phenoxy) is 1. The molecule has 2 aliphatic heterocycles. The molecule has 2 saturated heterocycles. The van der Waals surface area contributed by atoms with Gasteiger partial charge in [0, 0.05) is 25.6 Å². The molecule has 1 saturated carbocycles. The lowest BCUT2D eigenvalue weighted by Gasteiger charge is -2.22. The Morgan fingerprint density at radius 2 is 2.09 bits per heavy atom. The molecule has 6 nitrogen and oxygen atoms in total. The van der Waals surface area contributed by atoms with Crippen molar-refractivity contribution in [1.82, 2.24) is 16.0 Å². The number of nitrogens with zero attached hydrogens (tertiary/aromatic N) is 1. The predicted molar refractivity (Wildman–Crippen MR) is 85.8 cm³/mol. The van der Waals surface area contributed by atoms with Gasteiger partial charge >= 0.3 is 0 Å². The lowest BCUT2D eigenvalue weighted by molar-refractivity contribution is -0.121. The normalized spacial score (nSPS) is 30.4. The van der Waals surface area contributed by atoms with Crippen LogP contribution in [0.5, 0.6) is 0 Å². The molecule has 0 spiro atoms. The van der Waals surface area contributed by atoms with Crippen LogP contribution in [-0.4, -0.2) is 49.2 Å². The molecule has 3 N–H and O–H groups in total. The zero-order valence-corrected chi connectivity index (χ0v) is 13.4. The fourth-order valence-electron chi connectivity index (χ4n) is 3.24. The number of nitrogens with one attached hydrogen (secondary N) is 3. The van der Waals surface area contributed by atoms with Crippen LogP contribution in [0.25, 0.3) is 0 Å². The highest BCUT2D eigenvalue weighted by Gasteiger charge is 2.41. The predicted octanol–water partition coefficient (Wildman–Crippen LogP) is 0.920. The topological polar surface area (TPSA) is 74.8 Å². The summed E-state index contributed by atoms with van der Waals surface area (Å²) in [6, 6.07) is 0.836. The van der Waals surface area contributed by atoms with Crippen molar-refractivity contribution in [2.45, 2.75) is 76.2 Å². The van der Waals surface area contributed by atoms with Crippen LogP contribution in [0.15, 0.2) is 4.99 Å². The molecule has 0 aromatic rings. The molecule has 3 rings (SSSR count). The molecule has 124 valence electrons. The first-order valence-corrected chi connectivity index (χ1v) is 8.74. The highest BCUT2D eigenvalue weighted by molar-refractivity contribution is 5.80. The van der Waals surface area contributed by atoms with Gasteiger partial charge in [-0.2, -0.15) is 0 Å².